The molecule has 0 unspecified atom stereocenters. The lowest BCUT2D eigenvalue weighted by molar-refractivity contribution is 0.399. The van der Waals surface area contributed by atoms with Gasteiger partial charge in [0.25, 0.3) is 0 Å². The summed E-state index contributed by atoms with van der Waals surface area (Å²) in [6.45, 7) is 0.275. The maximum absolute atomic E-state index is 11.3. The molecule has 0 saturated heterocycles. The Kier molecular flexibility index (Phi) is 3.96. The molecule has 6 nitrogen and oxygen atoms in total. The lowest BCUT2D eigenvalue weighted by atomic mass is 10.4. The summed E-state index contributed by atoms with van der Waals surface area (Å²) in [5.41, 5.74) is 1.25. The van der Waals surface area contributed by atoms with Crippen LogP contribution in [-0.4, -0.2) is 42.1 Å². The van der Waals surface area contributed by atoms with Gasteiger partial charge >= 0.3 is 0 Å². The fourth-order valence-corrected chi connectivity index (χ4v) is 2.46. The smallest absolute Gasteiger partial charge is 0.215 e. The van der Waals surface area contributed by atoms with Crippen LogP contribution in [0.4, 0.5) is 0 Å². The van der Waals surface area contributed by atoms with E-state index in [-0.39, 0.29) is 18.2 Å². The van der Waals surface area contributed by atoms with E-state index in [4.69, 9.17) is 16.3 Å². The van der Waals surface area contributed by atoms with Crippen molar-refractivity contribution in [2.75, 3.05) is 19.1 Å². The van der Waals surface area contributed by atoms with Gasteiger partial charge in [-0.15, -0.1) is 11.6 Å². The lowest BCUT2D eigenvalue weighted by Gasteiger charge is -2.06. The van der Waals surface area contributed by atoms with Crippen LogP contribution >= 0.6 is 11.6 Å². The molecular formula is C11H14ClN3O3S. The SMILES string of the molecule is COc1ccc2nc(CCl)n(CCS(C)(=O)=O)c2n1. The summed E-state index contributed by atoms with van der Waals surface area (Å²) in [5.74, 6) is 1.26. The van der Waals surface area contributed by atoms with Gasteiger partial charge in [-0.05, 0) is 6.07 Å². The number of imidazole rings is 1. The molecule has 2 heterocycles. The molecule has 2 aromatic rings. The van der Waals surface area contributed by atoms with Crippen LogP contribution in [0.5, 0.6) is 5.88 Å². The van der Waals surface area contributed by atoms with Crippen LogP contribution in [0.3, 0.4) is 0 Å². The summed E-state index contributed by atoms with van der Waals surface area (Å²) >= 11 is 5.84. The van der Waals surface area contributed by atoms with Gasteiger partial charge in [0.15, 0.2) is 5.65 Å². The molecule has 0 N–H and O–H groups in total. The molecule has 0 amide bonds. The Hall–Kier alpha value is -1.34. The number of nitrogens with zero attached hydrogens (tertiary/aromatic N) is 3. The molecule has 0 saturated carbocycles. The molecule has 0 fully saturated rings. The van der Waals surface area contributed by atoms with Crippen LogP contribution in [0, 0.1) is 0 Å². The second-order valence-electron chi connectivity index (χ2n) is 4.14. The van der Waals surface area contributed by atoms with Crippen molar-refractivity contribution in [2.24, 2.45) is 0 Å². The van der Waals surface area contributed by atoms with E-state index in [1.807, 2.05) is 0 Å². The van der Waals surface area contributed by atoms with Gasteiger partial charge in [-0.25, -0.2) is 13.4 Å². The van der Waals surface area contributed by atoms with Crippen molar-refractivity contribution in [3.8, 4) is 5.88 Å². The fraction of sp³-hybridized carbons (Fsp3) is 0.455. The highest BCUT2D eigenvalue weighted by molar-refractivity contribution is 7.90. The Morgan fingerprint density at radius 1 is 1.37 bits per heavy atom. The molecule has 2 rings (SSSR count). The molecule has 8 heteroatoms. The van der Waals surface area contributed by atoms with Crippen molar-refractivity contribution < 1.29 is 13.2 Å². The van der Waals surface area contributed by atoms with Crippen molar-refractivity contribution in [3.63, 3.8) is 0 Å². The minimum absolute atomic E-state index is 0.0151. The Labute approximate surface area is 116 Å². The Morgan fingerprint density at radius 3 is 2.68 bits per heavy atom. The number of rotatable bonds is 5. The van der Waals surface area contributed by atoms with Gasteiger partial charge in [0, 0.05) is 18.9 Å². The normalized spacial score (nSPS) is 11.9. The van der Waals surface area contributed by atoms with Gasteiger partial charge in [-0.2, -0.15) is 4.98 Å². The van der Waals surface area contributed by atoms with E-state index >= 15 is 0 Å². The molecule has 0 aromatic carbocycles. The Morgan fingerprint density at radius 2 is 2.11 bits per heavy atom. The van der Waals surface area contributed by atoms with Crippen molar-refractivity contribution in [3.05, 3.63) is 18.0 Å². The van der Waals surface area contributed by atoms with E-state index in [1.54, 1.807) is 16.7 Å². The molecule has 2 aromatic heterocycles. The molecule has 104 valence electrons. The van der Waals surface area contributed by atoms with Crippen LogP contribution in [-0.2, 0) is 22.3 Å². The van der Waals surface area contributed by atoms with Crippen LogP contribution in [0.15, 0.2) is 12.1 Å². The fourth-order valence-electron chi connectivity index (χ4n) is 1.74. The summed E-state index contributed by atoms with van der Waals surface area (Å²) in [6.07, 6.45) is 1.19. The first-order valence-electron chi connectivity index (χ1n) is 5.58. The lowest BCUT2D eigenvalue weighted by Crippen LogP contribution is -2.13. The third-order valence-corrected chi connectivity index (χ3v) is 3.82. The minimum Gasteiger partial charge on any atom is -0.481 e. The van der Waals surface area contributed by atoms with Gasteiger partial charge in [0.1, 0.15) is 21.2 Å². The van der Waals surface area contributed by atoms with Crippen molar-refractivity contribution in [2.45, 2.75) is 12.4 Å². The number of pyridine rings is 1. The summed E-state index contributed by atoms with van der Waals surface area (Å²) in [5, 5.41) is 0. The van der Waals surface area contributed by atoms with E-state index in [1.165, 1.54) is 13.4 Å². The zero-order valence-corrected chi connectivity index (χ0v) is 12.2. The van der Waals surface area contributed by atoms with Gasteiger partial charge in [0.2, 0.25) is 5.88 Å². The molecule has 0 aliphatic heterocycles. The highest BCUT2D eigenvalue weighted by atomic mass is 35.5. The van der Waals surface area contributed by atoms with Crippen LogP contribution in [0.1, 0.15) is 5.82 Å². The molecule has 0 spiro atoms. The average molecular weight is 304 g/mol. The van der Waals surface area contributed by atoms with E-state index < -0.39 is 9.84 Å². The first-order chi connectivity index (χ1) is 8.94. The minimum atomic E-state index is -3.06. The summed E-state index contributed by atoms with van der Waals surface area (Å²) in [7, 11) is -1.54. The second kappa shape index (κ2) is 5.34. The number of halogens is 1. The predicted octanol–water partition coefficient (Wildman–Crippen LogP) is 1.22. The predicted molar refractivity (Wildman–Crippen MR) is 73.3 cm³/mol. The van der Waals surface area contributed by atoms with Crippen LogP contribution in [0.2, 0.25) is 0 Å². The van der Waals surface area contributed by atoms with E-state index in [0.29, 0.717) is 22.9 Å². The molecule has 0 bridgehead atoms. The van der Waals surface area contributed by atoms with Gasteiger partial charge in [-0.3, -0.25) is 0 Å². The van der Waals surface area contributed by atoms with Crippen molar-refractivity contribution in [1.82, 2.24) is 14.5 Å². The van der Waals surface area contributed by atoms with E-state index in [2.05, 4.69) is 9.97 Å². The number of fused-ring (bicyclic) bond motifs is 1. The molecule has 0 radical (unpaired) electrons. The molecular weight excluding hydrogens is 290 g/mol. The molecule has 0 aliphatic rings. The maximum atomic E-state index is 11.3. The summed E-state index contributed by atoms with van der Waals surface area (Å²) in [4.78, 5) is 8.61. The first-order valence-corrected chi connectivity index (χ1v) is 8.18. The van der Waals surface area contributed by atoms with Crippen LogP contribution in [0.25, 0.3) is 11.2 Å². The zero-order chi connectivity index (χ0) is 14.0. The van der Waals surface area contributed by atoms with Gasteiger partial charge < -0.3 is 9.30 Å². The maximum Gasteiger partial charge on any atom is 0.215 e. The number of sulfone groups is 1. The molecule has 19 heavy (non-hydrogen) atoms. The highest BCUT2D eigenvalue weighted by Gasteiger charge is 2.14. The number of aryl methyl sites for hydroxylation is 1. The topological polar surface area (TPSA) is 74.1 Å². The summed E-state index contributed by atoms with van der Waals surface area (Å²) < 4.78 is 29.3. The quantitative estimate of drug-likeness (QED) is 0.777. The number of alkyl halides is 1. The standard InChI is InChI=1S/C11H14ClN3O3S/c1-18-10-4-3-8-11(14-10)15(9(7-12)13-8)5-6-19(2,16)17/h3-4H,5-7H2,1-2H3. The Bertz CT molecular complexity index is 697. The molecule has 0 atom stereocenters. The third-order valence-electron chi connectivity index (χ3n) is 2.66. The van der Waals surface area contributed by atoms with Gasteiger partial charge in [-0.1, -0.05) is 0 Å². The van der Waals surface area contributed by atoms with Gasteiger partial charge in [0.05, 0.1) is 18.7 Å². The number of hydrogen-bond donors (Lipinski definition) is 0. The third kappa shape index (κ3) is 3.16. The monoisotopic (exact) mass is 303 g/mol. The molecule has 0 aliphatic carbocycles. The number of hydrogen-bond acceptors (Lipinski definition) is 5. The van der Waals surface area contributed by atoms with Crippen molar-refractivity contribution in [1.29, 1.82) is 0 Å². The zero-order valence-electron chi connectivity index (χ0n) is 10.6. The largest absolute Gasteiger partial charge is 0.481 e. The number of aromatic nitrogens is 3. The second-order valence-corrected chi connectivity index (χ2v) is 6.67. The highest BCUT2D eigenvalue weighted by Crippen LogP contribution is 2.19. The summed E-state index contributed by atoms with van der Waals surface area (Å²) in [6, 6.07) is 3.47. The van der Waals surface area contributed by atoms with Crippen LogP contribution < -0.4 is 4.74 Å². The van der Waals surface area contributed by atoms with E-state index in [9.17, 15) is 8.42 Å². The number of methoxy groups -OCH3 is 1. The van der Waals surface area contributed by atoms with E-state index in [0.717, 1.165) is 0 Å². The number of ether oxygens (including phenoxy) is 1. The first kappa shape index (κ1) is 14.1. The van der Waals surface area contributed by atoms with Crippen molar-refractivity contribution >= 4 is 32.6 Å². The Balaban J connectivity index is 2.48. The average Bonchev–Trinajstić information content (AvgIpc) is 2.72.